The summed E-state index contributed by atoms with van der Waals surface area (Å²) in [4.78, 5) is 17.8. The van der Waals surface area contributed by atoms with Crippen LogP contribution in [0.5, 0.6) is 0 Å². The van der Waals surface area contributed by atoms with E-state index in [1.54, 1.807) is 6.20 Å². The molecule has 0 radical (unpaired) electrons. The van der Waals surface area contributed by atoms with Gasteiger partial charge in [-0.3, -0.25) is 9.89 Å². The summed E-state index contributed by atoms with van der Waals surface area (Å²) in [5.41, 5.74) is 2.35. The number of H-pyrrole nitrogens is 1. The molecule has 2 aliphatic rings. The number of carbonyl (C=O) groups is 1. The molecule has 1 unspecified atom stereocenters. The zero-order valence-electron chi connectivity index (χ0n) is 16.5. The maximum absolute atomic E-state index is 13.2. The number of nitrogens with zero attached hydrogens (tertiary/aromatic N) is 3. The summed E-state index contributed by atoms with van der Waals surface area (Å²) >= 11 is 6.00. The smallest absolute Gasteiger partial charge is 0.257 e. The maximum Gasteiger partial charge on any atom is 0.257 e. The van der Waals surface area contributed by atoms with Crippen LogP contribution in [0.2, 0.25) is 5.02 Å². The lowest BCUT2D eigenvalue weighted by Crippen LogP contribution is -2.45. The third-order valence-corrected chi connectivity index (χ3v) is 6.45. The molecule has 0 spiro atoms. The highest BCUT2D eigenvalue weighted by atomic mass is 35.5. The summed E-state index contributed by atoms with van der Waals surface area (Å²) in [7, 11) is 0. The minimum Gasteiger partial charge on any atom is -0.338 e. The topological polar surface area (TPSA) is 52.2 Å². The van der Waals surface area contributed by atoms with Gasteiger partial charge >= 0.3 is 0 Å². The van der Waals surface area contributed by atoms with E-state index in [4.69, 9.17) is 11.6 Å². The highest BCUT2D eigenvalue weighted by molar-refractivity contribution is 6.30. The van der Waals surface area contributed by atoms with Gasteiger partial charge in [0.05, 0.1) is 17.5 Å². The molecule has 2 saturated heterocycles. The van der Waals surface area contributed by atoms with Crippen LogP contribution in [0.4, 0.5) is 0 Å². The van der Waals surface area contributed by atoms with Crippen molar-refractivity contribution >= 4 is 17.5 Å². The average Bonchev–Trinajstić information content (AvgIpc) is 3.20. The third kappa shape index (κ3) is 4.41. The molecule has 1 amide bonds. The van der Waals surface area contributed by atoms with Crippen LogP contribution >= 0.6 is 11.6 Å². The van der Waals surface area contributed by atoms with Gasteiger partial charge in [-0.1, -0.05) is 30.7 Å². The Hall–Kier alpha value is -1.85. The van der Waals surface area contributed by atoms with E-state index in [0.717, 1.165) is 43.2 Å². The molecule has 2 aromatic rings. The molecule has 1 atom stereocenters. The second-order valence-electron chi connectivity index (χ2n) is 8.41. The Labute approximate surface area is 172 Å². The second kappa shape index (κ2) is 8.66. The number of hydrogen-bond acceptors (Lipinski definition) is 3. The number of halogens is 1. The number of aromatic amines is 1. The molecule has 1 aromatic carbocycles. The summed E-state index contributed by atoms with van der Waals surface area (Å²) in [5.74, 6) is 1.50. The van der Waals surface area contributed by atoms with Crippen LogP contribution in [0.25, 0.3) is 11.3 Å². The van der Waals surface area contributed by atoms with Gasteiger partial charge in [0.25, 0.3) is 5.91 Å². The van der Waals surface area contributed by atoms with Crippen LogP contribution in [-0.2, 0) is 0 Å². The van der Waals surface area contributed by atoms with Gasteiger partial charge in [0, 0.05) is 30.2 Å². The molecule has 0 aliphatic carbocycles. The molecule has 2 fully saturated rings. The summed E-state index contributed by atoms with van der Waals surface area (Å²) < 4.78 is 0. The first-order valence-corrected chi connectivity index (χ1v) is 10.8. The van der Waals surface area contributed by atoms with Gasteiger partial charge in [-0.15, -0.1) is 0 Å². The molecule has 3 heterocycles. The zero-order valence-corrected chi connectivity index (χ0v) is 17.3. The molecule has 150 valence electrons. The number of aromatic nitrogens is 2. The maximum atomic E-state index is 13.2. The molecule has 28 heavy (non-hydrogen) atoms. The van der Waals surface area contributed by atoms with Crippen molar-refractivity contribution < 1.29 is 4.79 Å². The number of likely N-dealkylation sites (tertiary alicyclic amines) is 2. The predicted octanol–water partition coefficient (Wildman–Crippen LogP) is 4.31. The molecule has 1 aromatic heterocycles. The fraction of sp³-hybridized carbons (Fsp3) is 0.545. The first kappa shape index (κ1) is 19.5. The summed E-state index contributed by atoms with van der Waals surface area (Å²) in [6.45, 7) is 7.54. The quantitative estimate of drug-likeness (QED) is 0.831. The van der Waals surface area contributed by atoms with Crippen molar-refractivity contribution in [1.29, 1.82) is 0 Å². The molecule has 0 saturated carbocycles. The number of piperidine rings is 2. The van der Waals surface area contributed by atoms with E-state index in [-0.39, 0.29) is 5.91 Å². The van der Waals surface area contributed by atoms with Gasteiger partial charge in [0.1, 0.15) is 0 Å². The average molecular weight is 401 g/mol. The number of benzene rings is 1. The van der Waals surface area contributed by atoms with Crippen molar-refractivity contribution in [2.24, 2.45) is 11.8 Å². The van der Waals surface area contributed by atoms with Crippen molar-refractivity contribution in [2.45, 2.75) is 32.6 Å². The summed E-state index contributed by atoms with van der Waals surface area (Å²) in [6, 6.07) is 7.51. The summed E-state index contributed by atoms with van der Waals surface area (Å²) in [6.07, 6.45) is 6.55. The Balaban J connectivity index is 1.42. The fourth-order valence-corrected chi connectivity index (χ4v) is 4.59. The van der Waals surface area contributed by atoms with E-state index < -0.39 is 0 Å². The van der Waals surface area contributed by atoms with E-state index in [9.17, 15) is 4.79 Å². The monoisotopic (exact) mass is 400 g/mol. The second-order valence-corrected chi connectivity index (χ2v) is 8.84. The fourth-order valence-electron chi connectivity index (χ4n) is 4.46. The Morgan fingerprint density at radius 3 is 2.68 bits per heavy atom. The number of amides is 1. The van der Waals surface area contributed by atoms with Crippen molar-refractivity contribution in [3.63, 3.8) is 0 Å². The van der Waals surface area contributed by atoms with Gasteiger partial charge in [-0.05, 0) is 62.7 Å². The van der Waals surface area contributed by atoms with Crippen molar-refractivity contribution in [2.75, 3.05) is 32.7 Å². The minimum atomic E-state index is 0.0793. The summed E-state index contributed by atoms with van der Waals surface area (Å²) in [5, 5.41) is 7.82. The van der Waals surface area contributed by atoms with E-state index in [1.165, 1.54) is 32.4 Å². The van der Waals surface area contributed by atoms with Crippen molar-refractivity contribution in [3.8, 4) is 11.3 Å². The number of carbonyl (C=O) groups excluding carboxylic acids is 1. The van der Waals surface area contributed by atoms with E-state index in [0.29, 0.717) is 16.5 Å². The lowest BCUT2D eigenvalue weighted by molar-refractivity contribution is 0.0623. The molecule has 2 aliphatic heterocycles. The van der Waals surface area contributed by atoms with Gasteiger partial charge in [-0.2, -0.15) is 5.10 Å². The molecular formula is C22H29ClN4O. The van der Waals surface area contributed by atoms with E-state index >= 15 is 0 Å². The van der Waals surface area contributed by atoms with Crippen LogP contribution in [0, 0.1) is 11.8 Å². The standard InChI is InChI=1S/C22H29ClN4O/c1-16-8-11-26(12-9-16)14-17-3-2-10-27(15-17)22(28)20-13-24-25-21(20)18-4-6-19(23)7-5-18/h4-7,13,16-17H,2-3,8-12,14-15H2,1H3,(H,24,25). The lowest BCUT2D eigenvalue weighted by atomic mass is 9.94. The van der Waals surface area contributed by atoms with Crippen LogP contribution in [0.3, 0.4) is 0 Å². The molecule has 5 nitrogen and oxygen atoms in total. The van der Waals surface area contributed by atoms with Gasteiger partial charge in [-0.25, -0.2) is 0 Å². The highest BCUT2D eigenvalue weighted by Gasteiger charge is 2.28. The van der Waals surface area contributed by atoms with Gasteiger partial charge in [0.15, 0.2) is 0 Å². The Bertz CT molecular complexity index is 795. The molecule has 0 bridgehead atoms. The van der Waals surface area contributed by atoms with E-state index in [1.807, 2.05) is 29.2 Å². The zero-order chi connectivity index (χ0) is 19.5. The number of hydrogen-bond donors (Lipinski definition) is 1. The van der Waals surface area contributed by atoms with Crippen molar-refractivity contribution in [1.82, 2.24) is 20.0 Å². The van der Waals surface area contributed by atoms with Crippen LogP contribution in [0.15, 0.2) is 30.5 Å². The molecule has 1 N–H and O–H groups in total. The lowest BCUT2D eigenvalue weighted by Gasteiger charge is -2.37. The third-order valence-electron chi connectivity index (χ3n) is 6.20. The minimum absolute atomic E-state index is 0.0793. The largest absolute Gasteiger partial charge is 0.338 e. The van der Waals surface area contributed by atoms with Crippen LogP contribution in [-0.4, -0.2) is 58.6 Å². The highest BCUT2D eigenvalue weighted by Crippen LogP contribution is 2.27. The van der Waals surface area contributed by atoms with Gasteiger partial charge < -0.3 is 9.80 Å². The Morgan fingerprint density at radius 2 is 1.93 bits per heavy atom. The predicted molar refractivity (Wildman–Crippen MR) is 112 cm³/mol. The Kier molecular flexibility index (Phi) is 6.02. The first-order valence-electron chi connectivity index (χ1n) is 10.4. The SMILES string of the molecule is CC1CCN(CC2CCCN(C(=O)c3cn[nH]c3-c3ccc(Cl)cc3)C2)CC1. The molecule has 6 heteroatoms. The first-order chi connectivity index (χ1) is 13.6. The van der Waals surface area contributed by atoms with Crippen molar-refractivity contribution in [3.05, 3.63) is 41.0 Å². The number of rotatable bonds is 4. The van der Waals surface area contributed by atoms with Gasteiger partial charge in [0.2, 0.25) is 0 Å². The Morgan fingerprint density at radius 1 is 1.18 bits per heavy atom. The van der Waals surface area contributed by atoms with Crippen LogP contribution in [0.1, 0.15) is 43.0 Å². The normalized spacial score (nSPS) is 21.8. The van der Waals surface area contributed by atoms with Crippen LogP contribution < -0.4 is 0 Å². The van der Waals surface area contributed by atoms with E-state index in [2.05, 4.69) is 22.0 Å². The molecular weight excluding hydrogens is 372 g/mol. The number of nitrogens with one attached hydrogen (secondary N) is 1. The molecule has 4 rings (SSSR count).